The Labute approximate surface area is 248 Å². The minimum absolute atomic E-state index is 0.0293. The predicted molar refractivity (Wildman–Crippen MR) is 150 cm³/mol. The highest BCUT2D eigenvalue weighted by Gasteiger charge is 2.51. The van der Waals surface area contributed by atoms with Gasteiger partial charge in [-0.15, -0.1) is 0 Å². The number of nitrogens with one attached hydrogen (secondary N) is 2. The summed E-state index contributed by atoms with van der Waals surface area (Å²) in [5, 5.41) is 25.2. The van der Waals surface area contributed by atoms with Gasteiger partial charge in [0.15, 0.2) is 11.6 Å². The molecule has 0 heterocycles. The van der Waals surface area contributed by atoms with Crippen LogP contribution in [0.5, 0.6) is 11.5 Å². The van der Waals surface area contributed by atoms with Crippen LogP contribution in [-0.4, -0.2) is 42.1 Å². The number of hydrogen-bond acceptors (Lipinski definition) is 6. The maximum Gasteiger partial charge on any atom is 0.309 e. The first-order chi connectivity index (χ1) is 20.5. The zero-order valence-corrected chi connectivity index (χ0v) is 24.1. The summed E-state index contributed by atoms with van der Waals surface area (Å²) in [6.45, 7) is 1.75. The lowest BCUT2D eigenvalue weighted by Gasteiger charge is -2.34. The number of ether oxygens (including phenoxy) is 2. The Bertz CT molecular complexity index is 1470. The third-order valence-corrected chi connectivity index (χ3v) is 9.48. The molecular weight excluding hydrogens is 560 g/mol. The highest BCUT2D eigenvalue weighted by molar-refractivity contribution is 5.98. The number of nitriles is 1. The summed E-state index contributed by atoms with van der Waals surface area (Å²) < 4.78 is 38.5. The molecule has 0 unspecified atom stereocenters. The van der Waals surface area contributed by atoms with E-state index in [4.69, 9.17) is 9.47 Å². The number of nitrogens with zero attached hydrogens (tertiary/aromatic N) is 1. The van der Waals surface area contributed by atoms with E-state index in [2.05, 4.69) is 16.7 Å². The van der Waals surface area contributed by atoms with Gasteiger partial charge in [-0.3, -0.25) is 14.4 Å². The molecule has 3 aliphatic rings. The Kier molecular flexibility index (Phi) is 8.58. The lowest BCUT2D eigenvalue weighted by Crippen LogP contribution is -2.49. The maximum absolute atomic E-state index is 13.7. The van der Waals surface area contributed by atoms with Crippen LogP contribution in [0.4, 0.5) is 8.78 Å². The lowest BCUT2D eigenvalue weighted by molar-refractivity contribution is -0.150. The van der Waals surface area contributed by atoms with Crippen molar-refractivity contribution in [3.63, 3.8) is 0 Å². The molecule has 3 fully saturated rings. The topological polar surface area (TPSA) is 138 Å². The quantitative estimate of drug-likeness (QED) is 0.382. The van der Waals surface area contributed by atoms with Crippen molar-refractivity contribution in [3.05, 3.63) is 58.7 Å². The summed E-state index contributed by atoms with van der Waals surface area (Å²) in [5.41, 5.74) is -0.0427. The van der Waals surface area contributed by atoms with E-state index in [1.54, 1.807) is 6.92 Å². The third-order valence-electron chi connectivity index (χ3n) is 9.48. The number of hydrogen-bond donors (Lipinski definition) is 3. The number of amides is 2. The summed E-state index contributed by atoms with van der Waals surface area (Å²) in [6.07, 6.45) is 4.08. The van der Waals surface area contributed by atoms with Crippen LogP contribution in [0.15, 0.2) is 30.3 Å². The van der Waals surface area contributed by atoms with Gasteiger partial charge in [0.25, 0.3) is 5.91 Å². The fourth-order valence-electron chi connectivity index (χ4n) is 6.89. The number of aliphatic carboxylic acids is 1. The number of fused-ring (bicyclic) bond motifs is 2. The van der Waals surface area contributed by atoms with Crippen LogP contribution < -0.4 is 20.1 Å². The Morgan fingerprint density at radius 3 is 2.42 bits per heavy atom. The summed E-state index contributed by atoms with van der Waals surface area (Å²) in [7, 11) is 1.40. The van der Waals surface area contributed by atoms with Gasteiger partial charge < -0.3 is 25.2 Å². The molecule has 43 heavy (non-hydrogen) atoms. The standard InChI is InChI=1S/C32H35F2N3O6/c1-32(31(40)41)9-7-21(8-10-32)43-25-14-22(26(42-2)13-20(25)15-35)29(38)37-28-19-5-4-18(12-19)27(28)30(39)36-16-17-3-6-23(33)24(34)11-17/h3,6,11,13-14,18-19,21,27-28H,4-5,7-10,12,16H2,1-2H3,(H,36,39)(H,37,38)(H,40,41)/t18-,19+,21-,27+,28-,32+/m1/s1. The van der Waals surface area contributed by atoms with Crippen molar-refractivity contribution in [2.75, 3.05) is 7.11 Å². The molecule has 9 nitrogen and oxygen atoms in total. The Morgan fingerprint density at radius 1 is 1.05 bits per heavy atom. The second kappa shape index (κ2) is 12.2. The van der Waals surface area contributed by atoms with Crippen molar-refractivity contribution in [1.82, 2.24) is 10.6 Å². The normalized spacial score (nSPS) is 27.7. The molecule has 2 aromatic rings. The zero-order chi connectivity index (χ0) is 30.9. The van der Waals surface area contributed by atoms with Crippen molar-refractivity contribution in [2.45, 2.75) is 70.6 Å². The molecule has 228 valence electrons. The van der Waals surface area contributed by atoms with Crippen LogP contribution in [0, 0.1) is 46.1 Å². The summed E-state index contributed by atoms with van der Waals surface area (Å²) >= 11 is 0. The monoisotopic (exact) mass is 595 g/mol. The molecule has 5 rings (SSSR count). The van der Waals surface area contributed by atoms with Gasteiger partial charge in [-0.25, -0.2) is 8.78 Å². The molecule has 0 aliphatic heterocycles. The van der Waals surface area contributed by atoms with Crippen LogP contribution in [0.1, 0.15) is 73.4 Å². The number of rotatable bonds is 9. The summed E-state index contributed by atoms with van der Waals surface area (Å²) in [6, 6.07) is 8.04. The fraction of sp³-hybridized carbons (Fsp3) is 0.500. The first kappa shape index (κ1) is 30.3. The summed E-state index contributed by atoms with van der Waals surface area (Å²) in [4.78, 5) is 38.6. The fourth-order valence-corrected chi connectivity index (χ4v) is 6.89. The molecule has 2 aromatic carbocycles. The summed E-state index contributed by atoms with van der Waals surface area (Å²) in [5.74, 6) is -3.41. The Morgan fingerprint density at radius 2 is 1.77 bits per heavy atom. The Hall–Kier alpha value is -4.20. The molecule has 4 atom stereocenters. The second-order valence-corrected chi connectivity index (χ2v) is 12.2. The number of methoxy groups -OCH3 is 1. The van der Waals surface area contributed by atoms with E-state index < -0.39 is 40.9 Å². The average Bonchev–Trinajstić information content (AvgIpc) is 3.60. The van der Waals surface area contributed by atoms with Crippen molar-refractivity contribution >= 4 is 17.8 Å². The van der Waals surface area contributed by atoms with Crippen molar-refractivity contribution in [1.29, 1.82) is 5.26 Å². The molecule has 11 heteroatoms. The lowest BCUT2D eigenvalue weighted by atomic mass is 9.75. The molecule has 3 aliphatic carbocycles. The number of carboxylic acids is 1. The van der Waals surface area contributed by atoms with Crippen molar-refractivity contribution in [3.8, 4) is 17.6 Å². The van der Waals surface area contributed by atoms with E-state index in [0.29, 0.717) is 31.2 Å². The highest BCUT2D eigenvalue weighted by atomic mass is 19.2. The third kappa shape index (κ3) is 6.14. The molecule has 0 aromatic heterocycles. The number of carbonyl (C=O) groups is 3. The minimum atomic E-state index is -0.987. The van der Waals surface area contributed by atoms with Crippen LogP contribution in [-0.2, 0) is 16.1 Å². The largest absolute Gasteiger partial charge is 0.496 e. The number of benzene rings is 2. The number of carboxylic acid groups (broad SMARTS) is 1. The molecule has 0 radical (unpaired) electrons. The van der Waals surface area contributed by atoms with Gasteiger partial charge in [0.2, 0.25) is 5.91 Å². The first-order valence-corrected chi connectivity index (χ1v) is 14.6. The molecule has 0 saturated heterocycles. The molecule has 0 spiro atoms. The smallest absolute Gasteiger partial charge is 0.309 e. The zero-order valence-electron chi connectivity index (χ0n) is 24.1. The predicted octanol–water partition coefficient (Wildman–Crippen LogP) is 4.72. The van der Waals surface area contributed by atoms with Gasteiger partial charge in [0.05, 0.1) is 35.7 Å². The van der Waals surface area contributed by atoms with Gasteiger partial charge in [-0.05, 0) is 87.5 Å². The average molecular weight is 596 g/mol. The van der Waals surface area contributed by atoms with Crippen LogP contribution in [0.25, 0.3) is 0 Å². The van der Waals surface area contributed by atoms with Crippen molar-refractivity contribution < 1.29 is 37.7 Å². The number of halogens is 2. The molecular formula is C32H35F2N3O6. The second-order valence-electron chi connectivity index (χ2n) is 12.2. The van der Waals surface area contributed by atoms with Crippen molar-refractivity contribution in [2.24, 2.45) is 23.2 Å². The van der Waals surface area contributed by atoms with Gasteiger partial charge in [0.1, 0.15) is 17.6 Å². The van der Waals surface area contributed by atoms with E-state index in [0.717, 1.165) is 31.4 Å². The van der Waals surface area contributed by atoms with E-state index >= 15 is 0 Å². The van der Waals surface area contributed by atoms with E-state index in [1.165, 1.54) is 25.3 Å². The molecule has 3 saturated carbocycles. The highest BCUT2D eigenvalue weighted by Crippen LogP contribution is 2.49. The first-order valence-electron chi connectivity index (χ1n) is 14.6. The maximum atomic E-state index is 13.7. The molecule has 2 amide bonds. The van der Waals surface area contributed by atoms with Crippen LogP contribution in [0.3, 0.4) is 0 Å². The van der Waals surface area contributed by atoms with E-state index in [1.807, 2.05) is 0 Å². The minimum Gasteiger partial charge on any atom is -0.496 e. The van der Waals surface area contributed by atoms with Crippen LogP contribution >= 0.6 is 0 Å². The Balaban J connectivity index is 1.31. The van der Waals surface area contributed by atoms with E-state index in [-0.39, 0.29) is 53.0 Å². The van der Waals surface area contributed by atoms with Crippen LogP contribution in [0.2, 0.25) is 0 Å². The van der Waals surface area contributed by atoms with Gasteiger partial charge in [-0.1, -0.05) is 6.07 Å². The van der Waals surface area contributed by atoms with E-state index in [9.17, 15) is 33.5 Å². The SMILES string of the molecule is COc1cc(C#N)c(O[C@H]2CC[C@@](C)(C(=O)O)CC2)cc1C(=O)N[C@@H]1[C@H]2CC[C@H](C2)[C@@H]1C(=O)NCc1ccc(F)c(F)c1. The molecule has 2 bridgehead atoms. The number of carbonyl (C=O) groups excluding carboxylic acids is 2. The van der Waals surface area contributed by atoms with Gasteiger partial charge in [0, 0.05) is 18.7 Å². The molecule has 3 N–H and O–H groups in total. The van der Waals surface area contributed by atoms with Gasteiger partial charge in [-0.2, -0.15) is 5.26 Å². The van der Waals surface area contributed by atoms with Gasteiger partial charge >= 0.3 is 5.97 Å².